The fraction of sp³-hybridized carbons (Fsp3) is 0.889. The van der Waals surface area contributed by atoms with Gasteiger partial charge in [0.25, 0.3) is 10.1 Å². The summed E-state index contributed by atoms with van der Waals surface area (Å²) in [5, 5.41) is 9.79. The molecule has 19 heavy (non-hydrogen) atoms. The van der Waals surface area contributed by atoms with Crippen molar-refractivity contribution in [1.82, 2.24) is 0 Å². The van der Waals surface area contributed by atoms with Crippen LogP contribution in [0.5, 0.6) is 0 Å². The Morgan fingerprint density at radius 1 is 1.37 bits per heavy atom. The van der Waals surface area contributed by atoms with E-state index in [1.165, 1.54) is 7.11 Å². The number of hydrogen-bond acceptors (Lipinski definition) is 9. The number of hydrogen-bond donors (Lipinski definition) is 1. The van der Waals surface area contributed by atoms with E-state index in [2.05, 4.69) is 9.47 Å². The largest absolute Gasteiger partial charge is 0.508 e. The predicted molar refractivity (Wildman–Crippen MR) is 59.8 cm³/mol. The molecule has 1 aliphatic rings. The van der Waals surface area contributed by atoms with Gasteiger partial charge in [0.2, 0.25) is 0 Å². The maximum absolute atomic E-state index is 11.1. The highest BCUT2D eigenvalue weighted by molar-refractivity contribution is 7.86. The monoisotopic (exact) mass is 300 g/mol. The Labute approximate surface area is 110 Å². The molecule has 1 heterocycles. The predicted octanol–water partition coefficient (Wildman–Crippen LogP) is -1.15. The molecular weight excluding hydrogens is 284 g/mol. The van der Waals surface area contributed by atoms with Crippen LogP contribution in [0.4, 0.5) is 4.79 Å². The van der Waals surface area contributed by atoms with E-state index in [1.807, 2.05) is 0 Å². The molecule has 10 heteroatoms. The van der Waals surface area contributed by atoms with Gasteiger partial charge in [0.05, 0.1) is 13.4 Å². The SMILES string of the molecule is COC(=O)OCC1OC(OC)C(O)C1OS(C)(=O)=O. The van der Waals surface area contributed by atoms with Crippen molar-refractivity contribution in [3.63, 3.8) is 0 Å². The second-order valence-corrected chi connectivity index (χ2v) is 5.40. The molecule has 0 saturated carbocycles. The summed E-state index contributed by atoms with van der Waals surface area (Å²) in [6.07, 6.45) is -4.75. The number of ether oxygens (including phenoxy) is 4. The fourth-order valence-corrected chi connectivity index (χ4v) is 2.21. The zero-order valence-electron chi connectivity index (χ0n) is 10.6. The highest BCUT2D eigenvalue weighted by atomic mass is 32.2. The molecule has 0 bridgehead atoms. The average molecular weight is 300 g/mol. The van der Waals surface area contributed by atoms with Crippen LogP contribution >= 0.6 is 0 Å². The standard InChI is InChI=1S/C9H16O9S/c1-14-8-6(10)7(18-19(3,12)13)5(17-8)4-16-9(11)15-2/h5-8,10H,4H2,1-3H3. The van der Waals surface area contributed by atoms with Crippen LogP contribution in [0.25, 0.3) is 0 Å². The van der Waals surface area contributed by atoms with Crippen molar-refractivity contribution < 1.29 is 41.4 Å². The lowest BCUT2D eigenvalue weighted by Crippen LogP contribution is -2.39. The van der Waals surface area contributed by atoms with Crippen molar-refractivity contribution in [2.45, 2.75) is 24.6 Å². The molecule has 0 spiro atoms. The van der Waals surface area contributed by atoms with Crippen molar-refractivity contribution in [3.05, 3.63) is 0 Å². The van der Waals surface area contributed by atoms with Crippen molar-refractivity contribution >= 4 is 16.3 Å². The van der Waals surface area contributed by atoms with Crippen molar-refractivity contribution in [2.75, 3.05) is 27.1 Å². The molecule has 112 valence electrons. The maximum Gasteiger partial charge on any atom is 0.508 e. The van der Waals surface area contributed by atoms with Gasteiger partial charge in [0.1, 0.15) is 24.9 Å². The topological polar surface area (TPSA) is 118 Å². The van der Waals surface area contributed by atoms with Gasteiger partial charge in [-0.05, 0) is 0 Å². The summed E-state index contributed by atoms with van der Waals surface area (Å²) in [4.78, 5) is 10.8. The van der Waals surface area contributed by atoms with Crippen LogP contribution in [0.2, 0.25) is 0 Å². The number of rotatable bonds is 5. The number of carbonyl (C=O) groups excluding carboxylic acids is 1. The number of aliphatic hydroxyl groups excluding tert-OH is 1. The highest BCUT2D eigenvalue weighted by Gasteiger charge is 2.47. The van der Waals surface area contributed by atoms with Crippen LogP contribution in [0.3, 0.4) is 0 Å². The van der Waals surface area contributed by atoms with Crippen LogP contribution in [0.1, 0.15) is 0 Å². The third-order valence-corrected chi connectivity index (χ3v) is 2.91. The second-order valence-electron chi connectivity index (χ2n) is 3.80. The smallest absolute Gasteiger partial charge is 0.438 e. The Morgan fingerprint density at radius 2 is 2.00 bits per heavy atom. The molecule has 0 aromatic heterocycles. The van der Waals surface area contributed by atoms with Crippen LogP contribution in [-0.2, 0) is 33.2 Å². The summed E-state index contributed by atoms with van der Waals surface area (Å²) in [6, 6.07) is 0. The molecule has 4 unspecified atom stereocenters. The van der Waals surface area contributed by atoms with E-state index in [0.29, 0.717) is 0 Å². The molecule has 4 atom stereocenters. The molecule has 0 aliphatic carbocycles. The summed E-state index contributed by atoms with van der Waals surface area (Å²) in [5.41, 5.74) is 0. The van der Waals surface area contributed by atoms with Crippen LogP contribution in [-0.4, -0.2) is 71.4 Å². The first-order chi connectivity index (χ1) is 8.78. The third-order valence-electron chi connectivity index (χ3n) is 2.34. The van der Waals surface area contributed by atoms with Crippen LogP contribution in [0.15, 0.2) is 0 Å². The molecule has 0 amide bonds. The van der Waals surface area contributed by atoms with Gasteiger partial charge in [-0.3, -0.25) is 4.18 Å². The van der Waals surface area contributed by atoms with E-state index in [-0.39, 0.29) is 6.61 Å². The lowest BCUT2D eigenvalue weighted by Gasteiger charge is -2.18. The van der Waals surface area contributed by atoms with Crippen molar-refractivity contribution in [2.24, 2.45) is 0 Å². The first kappa shape index (κ1) is 16.1. The first-order valence-electron chi connectivity index (χ1n) is 5.24. The summed E-state index contributed by atoms with van der Waals surface area (Å²) in [7, 11) is -1.42. The molecule has 1 N–H and O–H groups in total. The minimum absolute atomic E-state index is 0.343. The maximum atomic E-state index is 11.1. The molecule has 0 radical (unpaired) electrons. The third kappa shape index (κ3) is 4.58. The fourth-order valence-electron chi connectivity index (χ4n) is 1.56. The normalized spacial score (nSPS) is 31.2. The molecule has 1 aliphatic heterocycles. The van der Waals surface area contributed by atoms with Crippen molar-refractivity contribution in [1.29, 1.82) is 0 Å². The van der Waals surface area contributed by atoms with Crippen LogP contribution < -0.4 is 0 Å². The molecule has 1 saturated heterocycles. The zero-order valence-corrected chi connectivity index (χ0v) is 11.5. The van der Waals surface area contributed by atoms with Gasteiger partial charge in [0, 0.05) is 7.11 Å². The van der Waals surface area contributed by atoms with Gasteiger partial charge < -0.3 is 24.1 Å². The minimum Gasteiger partial charge on any atom is -0.438 e. The van der Waals surface area contributed by atoms with E-state index < -0.39 is 40.9 Å². The molecule has 0 aromatic carbocycles. The summed E-state index contributed by atoms with van der Waals surface area (Å²) in [5.74, 6) is 0. The zero-order chi connectivity index (χ0) is 14.6. The van der Waals surface area contributed by atoms with E-state index in [1.54, 1.807) is 0 Å². The summed E-state index contributed by atoms with van der Waals surface area (Å²) in [6.45, 7) is -0.343. The Morgan fingerprint density at radius 3 is 2.47 bits per heavy atom. The van der Waals surface area contributed by atoms with Crippen LogP contribution in [0, 0.1) is 0 Å². The molecule has 0 aromatic rings. The molecule has 9 nitrogen and oxygen atoms in total. The van der Waals surface area contributed by atoms with Gasteiger partial charge in [-0.15, -0.1) is 0 Å². The lowest BCUT2D eigenvalue weighted by atomic mass is 10.1. The van der Waals surface area contributed by atoms with E-state index in [4.69, 9.17) is 13.7 Å². The Kier molecular flexibility index (Phi) is 5.50. The molecular formula is C9H16O9S. The van der Waals surface area contributed by atoms with Crippen molar-refractivity contribution in [3.8, 4) is 0 Å². The van der Waals surface area contributed by atoms with E-state index in [9.17, 15) is 18.3 Å². The second kappa shape index (κ2) is 6.48. The van der Waals surface area contributed by atoms with Gasteiger partial charge in [0.15, 0.2) is 6.29 Å². The van der Waals surface area contributed by atoms with Gasteiger partial charge in [-0.2, -0.15) is 8.42 Å². The lowest BCUT2D eigenvalue weighted by molar-refractivity contribution is -0.154. The Hall–Kier alpha value is -0.940. The number of methoxy groups -OCH3 is 2. The Balaban J connectivity index is 2.72. The average Bonchev–Trinajstić information content (AvgIpc) is 2.61. The molecule has 1 rings (SSSR count). The summed E-state index contributed by atoms with van der Waals surface area (Å²) >= 11 is 0. The van der Waals surface area contributed by atoms with Gasteiger partial charge in [-0.1, -0.05) is 0 Å². The highest BCUT2D eigenvalue weighted by Crippen LogP contribution is 2.26. The number of aliphatic hydroxyl groups is 1. The quantitative estimate of drug-likeness (QED) is 0.495. The van der Waals surface area contributed by atoms with E-state index >= 15 is 0 Å². The van der Waals surface area contributed by atoms with E-state index in [0.717, 1.165) is 13.4 Å². The first-order valence-corrected chi connectivity index (χ1v) is 7.05. The minimum atomic E-state index is -3.82. The Bertz CT molecular complexity index is 406. The summed E-state index contributed by atoms with van der Waals surface area (Å²) < 4.78 is 45.8. The number of carbonyl (C=O) groups is 1. The van der Waals surface area contributed by atoms with Gasteiger partial charge >= 0.3 is 6.16 Å². The molecule has 1 fully saturated rings. The van der Waals surface area contributed by atoms with Gasteiger partial charge in [-0.25, -0.2) is 4.79 Å².